The molecule has 0 fully saturated rings. The first-order valence-electron chi connectivity index (χ1n) is 29.8. The number of carbonyl (C=O) groups excluding carboxylic acids is 2. The second-order valence-corrected chi connectivity index (χ2v) is 20.7. The van der Waals surface area contributed by atoms with Crippen LogP contribution in [0.1, 0.15) is 341 Å². The Morgan fingerprint density at radius 3 is 0.938 bits per heavy atom. The number of amides is 1. The number of unbranched alkanes of at least 4 members (excludes halogenated alkanes) is 45. The molecule has 6 heteroatoms. The Kier molecular flexibility index (Phi) is 54.5. The van der Waals surface area contributed by atoms with Gasteiger partial charge in [0.05, 0.1) is 25.4 Å². The van der Waals surface area contributed by atoms with E-state index in [-0.39, 0.29) is 18.5 Å². The summed E-state index contributed by atoms with van der Waals surface area (Å²) in [5.41, 5.74) is 0. The van der Waals surface area contributed by atoms with Crippen LogP contribution in [0.25, 0.3) is 0 Å². The SMILES string of the molecule is CCCCCCCCCCCCCCCCCCC(O)C(CO)NC(=O)CCCCCCCCCCCCCCCCCCCOC(=O)CCCCCCCCCCCCCCCCC. The highest BCUT2D eigenvalue weighted by Gasteiger charge is 2.20. The van der Waals surface area contributed by atoms with Gasteiger partial charge in [0.25, 0.3) is 0 Å². The Hall–Kier alpha value is -1.14. The third kappa shape index (κ3) is 52.1. The largest absolute Gasteiger partial charge is 0.466 e. The van der Waals surface area contributed by atoms with Crippen molar-refractivity contribution in [2.24, 2.45) is 0 Å². The van der Waals surface area contributed by atoms with Gasteiger partial charge in [0.1, 0.15) is 0 Å². The zero-order chi connectivity index (χ0) is 47.2. The lowest BCUT2D eigenvalue weighted by atomic mass is 10.0. The van der Waals surface area contributed by atoms with Crippen molar-refractivity contribution in [2.45, 2.75) is 353 Å². The molecule has 0 aromatic rings. The third-order valence-electron chi connectivity index (χ3n) is 14.2. The van der Waals surface area contributed by atoms with Crippen LogP contribution in [0.4, 0.5) is 0 Å². The molecule has 0 aliphatic heterocycles. The molecule has 1 amide bonds. The van der Waals surface area contributed by atoms with E-state index in [9.17, 15) is 19.8 Å². The summed E-state index contributed by atoms with van der Waals surface area (Å²) < 4.78 is 5.48. The first kappa shape index (κ1) is 63.9. The highest BCUT2D eigenvalue weighted by molar-refractivity contribution is 5.76. The molecule has 3 N–H and O–H groups in total. The average Bonchev–Trinajstić information content (AvgIpc) is 3.31. The van der Waals surface area contributed by atoms with Crippen LogP contribution in [-0.2, 0) is 14.3 Å². The van der Waals surface area contributed by atoms with E-state index in [1.54, 1.807) is 0 Å². The van der Waals surface area contributed by atoms with E-state index in [1.165, 1.54) is 270 Å². The molecule has 0 saturated carbocycles. The highest BCUT2D eigenvalue weighted by Crippen LogP contribution is 2.18. The summed E-state index contributed by atoms with van der Waals surface area (Å²) >= 11 is 0. The van der Waals surface area contributed by atoms with Gasteiger partial charge in [-0.05, 0) is 25.7 Å². The maximum atomic E-state index is 12.5. The number of hydrogen-bond acceptors (Lipinski definition) is 5. The van der Waals surface area contributed by atoms with Crippen molar-refractivity contribution in [1.29, 1.82) is 0 Å². The molecule has 0 bridgehead atoms. The van der Waals surface area contributed by atoms with Gasteiger partial charge < -0.3 is 20.3 Å². The number of esters is 1. The second-order valence-electron chi connectivity index (χ2n) is 20.7. The third-order valence-corrected chi connectivity index (χ3v) is 14.2. The van der Waals surface area contributed by atoms with E-state index in [0.717, 1.165) is 38.5 Å². The lowest BCUT2D eigenvalue weighted by molar-refractivity contribution is -0.143. The molecular weight excluding hydrogens is 803 g/mol. The minimum Gasteiger partial charge on any atom is -0.466 e. The molecule has 65 heavy (non-hydrogen) atoms. The lowest BCUT2D eigenvalue weighted by Crippen LogP contribution is -2.45. The summed E-state index contributed by atoms with van der Waals surface area (Å²) in [6.07, 6.45) is 63.8. The van der Waals surface area contributed by atoms with Gasteiger partial charge in [-0.25, -0.2) is 0 Å². The zero-order valence-electron chi connectivity index (χ0n) is 44.3. The van der Waals surface area contributed by atoms with Crippen LogP contribution < -0.4 is 5.32 Å². The molecule has 0 aliphatic rings. The maximum Gasteiger partial charge on any atom is 0.305 e. The molecule has 0 rings (SSSR count). The van der Waals surface area contributed by atoms with Crippen molar-refractivity contribution < 1.29 is 24.5 Å². The molecule has 0 heterocycles. The molecular formula is C59H117NO5. The first-order valence-corrected chi connectivity index (χ1v) is 29.8. The van der Waals surface area contributed by atoms with Gasteiger partial charge in [0.15, 0.2) is 0 Å². The number of hydrogen-bond donors (Lipinski definition) is 3. The van der Waals surface area contributed by atoms with Gasteiger partial charge in [0, 0.05) is 12.8 Å². The highest BCUT2D eigenvalue weighted by atomic mass is 16.5. The number of nitrogens with one attached hydrogen (secondary N) is 1. The van der Waals surface area contributed by atoms with Gasteiger partial charge in [-0.3, -0.25) is 9.59 Å². The normalized spacial score (nSPS) is 12.5. The number of carbonyl (C=O) groups is 2. The fraction of sp³-hybridized carbons (Fsp3) is 0.966. The number of rotatable bonds is 56. The van der Waals surface area contributed by atoms with E-state index >= 15 is 0 Å². The Labute approximate surface area is 406 Å². The fourth-order valence-corrected chi connectivity index (χ4v) is 9.58. The Bertz CT molecular complexity index is 928. The molecule has 2 unspecified atom stereocenters. The van der Waals surface area contributed by atoms with Crippen molar-refractivity contribution in [2.75, 3.05) is 13.2 Å². The molecule has 0 radical (unpaired) electrons. The van der Waals surface area contributed by atoms with Gasteiger partial charge in [-0.15, -0.1) is 0 Å². The number of aliphatic hydroxyl groups excluding tert-OH is 2. The zero-order valence-corrected chi connectivity index (χ0v) is 44.3. The van der Waals surface area contributed by atoms with Crippen molar-refractivity contribution in [1.82, 2.24) is 5.32 Å². The quantitative estimate of drug-likeness (QED) is 0.0417. The summed E-state index contributed by atoms with van der Waals surface area (Å²) in [6, 6.07) is -0.544. The van der Waals surface area contributed by atoms with Crippen LogP contribution in [0.5, 0.6) is 0 Å². The molecule has 2 atom stereocenters. The van der Waals surface area contributed by atoms with E-state index in [1.807, 2.05) is 0 Å². The molecule has 0 saturated heterocycles. The van der Waals surface area contributed by atoms with E-state index in [0.29, 0.717) is 25.9 Å². The summed E-state index contributed by atoms with van der Waals surface area (Å²) in [5, 5.41) is 23.3. The van der Waals surface area contributed by atoms with Gasteiger partial charge >= 0.3 is 5.97 Å². The standard InChI is InChI=1S/C59H117NO5/c1-3-5-7-9-11-13-15-17-19-24-27-31-35-39-43-47-51-57(62)56(55-61)60-58(63)52-48-44-40-36-32-28-25-21-20-22-26-30-34-38-42-46-50-54-65-59(64)53-49-45-41-37-33-29-23-18-16-14-12-10-8-6-4-2/h56-57,61-62H,3-55H2,1-2H3,(H,60,63). The smallest absolute Gasteiger partial charge is 0.305 e. The maximum absolute atomic E-state index is 12.5. The van der Waals surface area contributed by atoms with Crippen molar-refractivity contribution >= 4 is 11.9 Å². The summed E-state index contributed by atoms with van der Waals surface area (Å²) in [4.78, 5) is 24.5. The van der Waals surface area contributed by atoms with Crippen molar-refractivity contribution in [3.05, 3.63) is 0 Å². The van der Waals surface area contributed by atoms with Crippen LogP contribution >= 0.6 is 0 Å². The van der Waals surface area contributed by atoms with Gasteiger partial charge in [0.2, 0.25) is 5.91 Å². The summed E-state index contributed by atoms with van der Waals surface area (Å²) in [5.74, 6) is -0.0276. The lowest BCUT2D eigenvalue weighted by Gasteiger charge is -2.22. The second kappa shape index (κ2) is 55.5. The Balaban J connectivity index is 3.39. The van der Waals surface area contributed by atoms with Gasteiger partial charge in [-0.1, -0.05) is 303 Å². The van der Waals surface area contributed by atoms with E-state index in [4.69, 9.17) is 4.74 Å². The fourth-order valence-electron chi connectivity index (χ4n) is 9.58. The predicted molar refractivity (Wildman–Crippen MR) is 283 cm³/mol. The molecule has 388 valence electrons. The minimum atomic E-state index is -0.666. The summed E-state index contributed by atoms with van der Waals surface area (Å²) in [6.45, 7) is 4.97. The number of ether oxygens (including phenoxy) is 1. The van der Waals surface area contributed by atoms with Crippen LogP contribution in [0.2, 0.25) is 0 Å². The molecule has 0 aromatic carbocycles. The van der Waals surface area contributed by atoms with Crippen molar-refractivity contribution in [3.8, 4) is 0 Å². The van der Waals surface area contributed by atoms with Crippen LogP contribution in [0.3, 0.4) is 0 Å². The van der Waals surface area contributed by atoms with Gasteiger partial charge in [-0.2, -0.15) is 0 Å². The Morgan fingerprint density at radius 2 is 0.631 bits per heavy atom. The molecule has 6 nitrogen and oxygen atoms in total. The van der Waals surface area contributed by atoms with Crippen LogP contribution in [-0.4, -0.2) is 47.4 Å². The monoisotopic (exact) mass is 920 g/mol. The van der Waals surface area contributed by atoms with E-state index in [2.05, 4.69) is 19.2 Å². The van der Waals surface area contributed by atoms with Crippen LogP contribution in [0.15, 0.2) is 0 Å². The van der Waals surface area contributed by atoms with Crippen LogP contribution in [0, 0.1) is 0 Å². The predicted octanol–water partition coefficient (Wildman–Crippen LogP) is 18.3. The summed E-state index contributed by atoms with van der Waals surface area (Å²) in [7, 11) is 0. The first-order chi connectivity index (χ1) is 32.0. The average molecular weight is 921 g/mol. The molecule has 0 aliphatic carbocycles. The topological polar surface area (TPSA) is 95.9 Å². The minimum absolute atomic E-state index is 0.00935. The molecule has 0 spiro atoms. The van der Waals surface area contributed by atoms with E-state index < -0.39 is 12.1 Å². The Morgan fingerprint density at radius 1 is 0.369 bits per heavy atom. The number of aliphatic hydroxyl groups is 2. The van der Waals surface area contributed by atoms with Crippen molar-refractivity contribution in [3.63, 3.8) is 0 Å². The molecule has 0 aromatic heterocycles.